The summed E-state index contributed by atoms with van der Waals surface area (Å²) in [5.74, 6) is 0. The van der Waals surface area contributed by atoms with Gasteiger partial charge in [0.05, 0.1) is 0 Å². The molecule has 6 heavy (non-hydrogen) atoms. The zero-order valence-corrected chi connectivity index (χ0v) is 3.82. The van der Waals surface area contributed by atoms with Crippen LogP contribution in [0.5, 0.6) is 0 Å². The first kappa shape index (κ1) is 5.47. The molecule has 30 valence electrons. The molecule has 0 saturated carbocycles. The zero-order chi connectivity index (χ0) is 5.15. The topological polar surface area (TPSA) is 34.1 Å². The van der Waals surface area contributed by atoms with Crippen molar-refractivity contribution >= 4 is 27.1 Å². The van der Waals surface area contributed by atoms with Crippen molar-refractivity contribution in [3.05, 3.63) is 0 Å². The summed E-state index contributed by atoms with van der Waals surface area (Å²) >= 11 is 0. The van der Waals surface area contributed by atoms with E-state index in [-0.39, 0.29) is 11.4 Å². The van der Waals surface area contributed by atoms with E-state index in [1.54, 1.807) is 0 Å². The second-order valence-electron chi connectivity index (χ2n) is 1.11. The summed E-state index contributed by atoms with van der Waals surface area (Å²) in [4.78, 5) is 19.6. The highest BCUT2D eigenvalue weighted by Gasteiger charge is 1.94. The lowest BCUT2D eigenvalue weighted by Crippen LogP contribution is -2.11. The molecule has 0 radical (unpaired) electrons. The van der Waals surface area contributed by atoms with Gasteiger partial charge in [0, 0.05) is 0 Å². The van der Waals surface area contributed by atoms with E-state index < -0.39 is 0 Å². The summed E-state index contributed by atoms with van der Waals surface area (Å²) in [6, 6.07) is 0. The van der Waals surface area contributed by atoms with Gasteiger partial charge in [-0.05, 0) is 0 Å². The highest BCUT2D eigenvalue weighted by Crippen LogP contribution is 1.54. The molecule has 0 fully saturated rings. The Balaban J connectivity index is 3.57. The minimum Gasteiger partial charge on any atom is -0.305 e. The predicted molar refractivity (Wildman–Crippen MR) is 27.1 cm³/mol. The molecule has 2 nitrogen and oxygen atoms in total. The summed E-state index contributed by atoms with van der Waals surface area (Å²) < 4.78 is 0. The van der Waals surface area contributed by atoms with Gasteiger partial charge in [0.15, 0.2) is 15.7 Å². The molecule has 0 atom stereocenters. The van der Waals surface area contributed by atoms with E-state index in [2.05, 4.69) is 0 Å². The van der Waals surface area contributed by atoms with Gasteiger partial charge in [0.25, 0.3) is 0 Å². The number of hydrogen-bond donors (Lipinski definition) is 0. The standard InChI is InChI=1S/C2H4B2O2/c3-1(5)2(4)6/h3-4H2. The Morgan fingerprint density at radius 2 is 1.17 bits per heavy atom. The molecule has 0 aromatic carbocycles. The van der Waals surface area contributed by atoms with Gasteiger partial charge < -0.3 is 9.59 Å². The Kier molecular flexibility index (Phi) is 1.64. The molecule has 0 saturated heterocycles. The summed E-state index contributed by atoms with van der Waals surface area (Å²) in [5, 5.41) is 0. The van der Waals surface area contributed by atoms with Crippen molar-refractivity contribution in [2.45, 2.75) is 0 Å². The first-order valence-electron chi connectivity index (χ1n) is 1.66. The van der Waals surface area contributed by atoms with E-state index in [1.807, 2.05) is 0 Å². The zero-order valence-electron chi connectivity index (χ0n) is 3.82. The fourth-order valence-corrected chi connectivity index (χ4v) is 0. The molecule has 0 aromatic heterocycles. The van der Waals surface area contributed by atoms with Crippen LogP contribution in [0, 0.1) is 0 Å². The summed E-state index contributed by atoms with van der Waals surface area (Å²) in [5.41, 5.74) is -0.759. The molecule has 4 heteroatoms. The molecular weight excluding hydrogens is 77.6 g/mol. The Labute approximate surface area is 37.7 Å². The highest BCUT2D eigenvalue weighted by atomic mass is 16.2. The van der Waals surface area contributed by atoms with Crippen LogP contribution in [0.2, 0.25) is 0 Å². The maximum absolute atomic E-state index is 9.79. The first-order valence-corrected chi connectivity index (χ1v) is 1.66. The van der Waals surface area contributed by atoms with E-state index in [1.165, 1.54) is 15.7 Å². The van der Waals surface area contributed by atoms with Crippen LogP contribution in [0.1, 0.15) is 0 Å². The Morgan fingerprint density at radius 1 is 1.00 bits per heavy atom. The van der Waals surface area contributed by atoms with Crippen molar-refractivity contribution in [2.24, 2.45) is 0 Å². The van der Waals surface area contributed by atoms with E-state index in [0.29, 0.717) is 0 Å². The number of hydrogen-bond acceptors (Lipinski definition) is 2. The second-order valence-corrected chi connectivity index (χ2v) is 1.11. The van der Waals surface area contributed by atoms with Crippen LogP contribution in [0.15, 0.2) is 0 Å². The smallest absolute Gasteiger partial charge is 0.196 e. The lowest BCUT2D eigenvalue weighted by atomic mass is 9.87. The lowest BCUT2D eigenvalue weighted by molar-refractivity contribution is -0.127. The fraction of sp³-hybridized carbons (Fsp3) is 0. The fourth-order valence-electron chi connectivity index (χ4n) is 0. The monoisotopic (exact) mass is 82.0 g/mol. The second kappa shape index (κ2) is 1.80. The van der Waals surface area contributed by atoms with Crippen LogP contribution >= 0.6 is 0 Å². The Hall–Kier alpha value is -0.530. The van der Waals surface area contributed by atoms with Crippen LogP contribution in [0.4, 0.5) is 0 Å². The molecule has 0 unspecified atom stereocenters. The Bertz CT molecular complexity index is 75.5. The van der Waals surface area contributed by atoms with Crippen molar-refractivity contribution in [2.75, 3.05) is 0 Å². The van der Waals surface area contributed by atoms with Crippen LogP contribution in [-0.4, -0.2) is 27.1 Å². The van der Waals surface area contributed by atoms with E-state index >= 15 is 0 Å². The normalized spacial score (nSPS) is 7.33. The van der Waals surface area contributed by atoms with Gasteiger partial charge in [-0.3, -0.25) is 0 Å². The SMILES string of the molecule is BC(=O)C(B)=O. The third-order valence-electron chi connectivity index (χ3n) is 0.496. The summed E-state index contributed by atoms with van der Waals surface area (Å²) in [7, 11) is 2.50. The van der Waals surface area contributed by atoms with Crippen LogP contribution in [0.3, 0.4) is 0 Å². The van der Waals surface area contributed by atoms with Crippen LogP contribution < -0.4 is 0 Å². The largest absolute Gasteiger partial charge is 0.305 e. The molecule has 0 bridgehead atoms. The summed E-state index contributed by atoms with van der Waals surface area (Å²) in [6.07, 6.45) is 0. The Morgan fingerprint density at radius 3 is 1.17 bits per heavy atom. The first-order chi connectivity index (χ1) is 2.64. The molecular formula is C2H4B2O2. The molecule has 0 amide bonds. The van der Waals surface area contributed by atoms with Gasteiger partial charge >= 0.3 is 0 Å². The quantitative estimate of drug-likeness (QED) is 0.255. The maximum Gasteiger partial charge on any atom is 0.196 e. The van der Waals surface area contributed by atoms with E-state index in [4.69, 9.17) is 0 Å². The van der Waals surface area contributed by atoms with Gasteiger partial charge in [0.2, 0.25) is 0 Å². The predicted octanol–water partition coefficient (Wildman–Crippen LogP) is -2.69. The molecule has 0 spiro atoms. The highest BCUT2D eigenvalue weighted by molar-refractivity contribution is 6.93. The maximum atomic E-state index is 9.79. The molecule has 0 heterocycles. The van der Waals surface area contributed by atoms with Gasteiger partial charge in [-0.2, -0.15) is 0 Å². The average molecular weight is 81.7 g/mol. The van der Waals surface area contributed by atoms with Crippen molar-refractivity contribution in [1.29, 1.82) is 0 Å². The van der Waals surface area contributed by atoms with Gasteiger partial charge in [-0.1, -0.05) is 0 Å². The third kappa shape index (κ3) is 1.76. The minimum atomic E-state index is -0.380. The molecule has 0 aliphatic heterocycles. The van der Waals surface area contributed by atoms with Crippen molar-refractivity contribution in [1.82, 2.24) is 0 Å². The average Bonchev–Trinajstić information content (AvgIpc) is 1.36. The number of rotatable bonds is 1. The van der Waals surface area contributed by atoms with Crippen molar-refractivity contribution < 1.29 is 9.59 Å². The molecule has 0 N–H and O–H groups in total. The van der Waals surface area contributed by atoms with Gasteiger partial charge in [-0.25, -0.2) is 0 Å². The van der Waals surface area contributed by atoms with Gasteiger partial charge in [0.1, 0.15) is 11.4 Å². The van der Waals surface area contributed by atoms with Crippen LogP contribution in [-0.2, 0) is 9.59 Å². The van der Waals surface area contributed by atoms with Crippen molar-refractivity contribution in [3.8, 4) is 0 Å². The lowest BCUT2D eigenvalue weighted by Gasteiger charge is -1.73. The van der Waals surface area contributed by atoms with Crippen LogP contribution in [0.25, 0.3) is 0 Å². The number of carbonyl (C=O) groups excluding carboxylic acids is 2. The number of carbonyl (C=O) groups is 2. The van der Waals surface area contributed by atoms with E-state index in [0.717, 1.165) is 0 Å². The van der Waals surface area contributed by atoms with E-state index in [9.17, 15) is 9.59 Å². The third-order valence-corrected chi connectivity index (χ3v) is 0.496. The van der Waals surface area contributed by atoms with Gasteiger partial charge in [-0.15, -0.1) is 0 Å². The molecule has 0 aliphatic carbocycles. The minimum absolute atomic E-state index is 0.380. The molecule has 0 rings (SSSR count). The van der Waals surface area contributed by atoms with Crippen molar-refractivity contribution in [3.63, 3.8) is 0 Å². The molecule has 0 aliphatic rings. The summed E-state index contributed by atoms with van der Waals surface area (Å²) in [6.45, 7) is 0. The molecule has 0 aromatic rings.